The number of ether oxygens (including phenoxy) is 1. The maximum absolute atomic E-state index is 14.5. The Morgan fingerprint density at radius 1 is 1.17 bits per heavy atom. The van der Waals surface area contributed by atoms with E-state index in [1.165, 1.54) is 6.07 Å². The lowest BCUT2D eigenvalue weighted by molar-refractivity contribution is -0.151. The number of nitrogens with one attached hydrogen (secondary N) is 2. The molecule has 3 amide bonds. The summed E-state index contributed by atoms with van der Waals surface area (Å²) in [5.74, 6) is -0.901. The molecule has 1 atom stereocenters. The highest BCUT2D eigenvalue weighted by Gasteiger charge is 2.26. The van der Waals surface area contributed by atoms with Crippen molar-refractivity contribution in [2.45, 2.75) is 70.9 Å². The summed E-state index contributed by atoms with van der Waals surface area (Å²) in [5.41, 5.74) is 11.9. The summed E-state index contributed by atoms with van der Waals surface area (Å²) < 4.78 is 20.2. The molecule has 0 bridgehead atoms. The first kappa shape index (κ1) is 27.6. The van der Waals surface area contributed by atoms with Crippen LogP contribution in [0, 0.1) is 11.7 Å². The molecule has 2 aromatic rings. The Morgan fingerprint density at radius 2 is 1.89 bits per heavy atom. The van der Waals surface area contributed by atoms with Gasteiger partial charge >= 0.3 is 12.0 Å². The molecular formula is C26H35FN4O4S. The molecule has 10 heteroatoms. The Kier molecular flexibility index (Phi) is 9.83. The summed E-state index contributed by atoms with van der Waals surface area (Å²) in [6, 6.07) is 5.09. The second-order valence-electron chi connectivity index (χ2n) is 9.60. The molecule has 1 unspecified atom stereocenters. The zero-order valence-electron chi connectivity index (χ0n) is 20.8. The number of urea groups is 1. The van der Waals surface area contributed by atoms with Crippen molar-refractivity contribution < 1.29 is 23.5 Å². The molecule has 1 fully saturated rings. The predicted octanol–water partition coefficient (Wildman–Crippen LogP) is 4.57. The van der Waals surface area contributed by atoms with Gasteiger partial charge in [0.05, 0.1) is 5.56 Å². The minimum absolute atomic E-state index is 0.0248. The molecule has 0 spiro atoms. The van der Waals surface area contributed by atoms with Crippen molar-refractivity contribution in [2.75, 3.05) is 11.9 Å². The molecule has 1 aliphatic carbocycles. The molecule has 1 saturated carbocycles. The first-order chi connectivity index (χ1) is 17.1. The van der Waals surface area contributed by atoms with Crippen LogP contribution in [0.15, 0.2) is 24.3 Å². The molecular weight excluding hydrogens is 483 g/mol. The Hall–Kier alpha value is -2.98. The number of hydrogen-bond donors (Lipinski definition) is 4. The molecule has 0 radical (unpaired) electrons. The monoisotopic (exact) mass is 518 g/mol. The predicted molar refractivity (Wildman–Crippen MR) is 139 cm³/mol. The van der Waals surface area contributed by atoms with Crippen LogP contribution in [0.2, 0.25) is 0 Å². The SMILES string of the molecule is CC(C)CC(NCCCc1cc(-c2cc(C(N)=O)c(NC(N)=O)s2)ccc1F)C(=O)OC1CCCC1. The van der Waals surface area contributed by atoms with Crippen molar-refractivity contribution in [3.8, 4) is 10.4 Å². The Morgan fingerprint density at radius 3 is 2.53 bits per heavy atom. The van der Waals surface area contributed by atoms with Gasteiger partial charge in [-0.05, 0) is 86.7 Å². The maximum atomic E-state index is 14.5. The van der Waals surface area contributed by atoms with Crippen LogP contribution in [0.5, 0.6) is 0 Å². The van der Waals surface area contributed by atoms with Crippen LogP contribution in [0.25, 0.3) is 10.4 Å². The fourth-order valence-corrected chi connectivity index (χ4v) is 5.45. The van der Waals surface area contributed by atoms with E-state index in [0.29, 0.717) is 47.7 Å². The van der Waals surface area contributed by atoms with Gasteiger partial charge in [0.25, 0.3) is 5.91 Å². The van der Waals surface area contributed by atoms with E-state index < -0.39 is 11.9 Å². The van der Waals surface area contributed by atoms with Crippen molar-refractivity contribution in [2.24, 2.45) is 17.4 Å². The standard InChI is InChI=1S/C26H35FN4O4S/c1-15(2)12-21(25(33)35-18-7-3-4-8-18)30-11-5-6-16-13-17(9-10-20(16)27)22-14-19(23(28)32)24(36-22)31-26(29)34/h9-10,13-15,18,21,30H,3-8,11-12H2,1-2H3,(H2,28,32)(H3,29,31,34). The summed E-state index contributed by atoms with van der Waals surface area (Å²) in [6.45, 7) is 4.67. The molecule has 36 heavy (non-hydrogen) atoms. The Labute approximate surface area is 215 Å². The van der Waals surface area contributed by atoms with Crippen molar-refractivity contribution in [3.05, 3.63) is 41.2 Å². The number of aryl methyl sites for hydroxylation is 1. The highest BCUT2D eigenvalue weighted by molar-refractivity contribution is 7.20. The lowest BCUT2D eigenvalue weighted by Gasteiger charge is -2.21. The third kappa shape index (κ3) is 7.76. The van der Waals surface area contributed by atoms with Crippen LogP contribution in [-0.4, -0.2) is 36.6 Å². The van der Waals surface area contributed by atoms with E-state index >= 15 is 0 Å². The molecule has 1 aliphatic rings. The number of nitrogens with two attached hydrogens (primary N) is 2. The summed E-state index contributed by atoms with van der Waals surface area (Å²) >= 11 is 1.14. The van der Waals surface area contributed by atoms with E-state index in [4.69, 9.17) is 16.2 Å². The fraction of sp³-hybridized carbons (Fsp3) is 0.500. The van der Waals surface area contributed by atoms with E-state index in [1.807, 2.05) is 0 Å². The van der Waals surface area contributed by atoms with Gasteiger partial charge in [0.2, 0.25) is 0 Å². The number of carbonyl (C=O) groups excluding carboxylic acids is 3. The first-order valence-electron chi connectivity index (χ1n) is 12.4. The van der Waals surface area contributed by atoms with Crippen LogP contribution in [-0.2, 0) is 16.0 Å². The number of thiophene rings is 1. The number of rotatable bonds is 12. The molecule has 8 nitrogen and oxygen atoms in total. The van der Waals surface area contributed by atoms with Gasteiger partial charge in [-0.3, -0.25) is 14.9 Å². The zero-order valence-corrected chi connectivity index (χ0v) is 21.6. The van der Waals surface area contributed by atoms with Crippen molar-refractivity contribution >= 4 is 34.2 Å². The topological polar surface area (TPSA) is 137 Å². The molecule has 3 rings (SSSR count). The lowest BCUT2D eigenvalue weighted by Crippen LogP contribution is -2.41. The van der Waals surface area contributed by atoms with Crippen LogP contribution in [0.4, 0.5) is 14.2 Å². The van der Waals surface area contributed by atoms with Crippen LogP contribution in [0.3, 0.4) is 0 Å². The summed E-state index contributed by atoms with van der Waals surface area (Å²) in [4.78, 5) is 36.3. The second kappa shape index (κ2) is 12.8. The number of benzene rings is 1. The number of esters is 1. The Balaban J connectivity index is 1.63. The van der Waals surface area contributed by atoms with Gasteiger partial charge in [-0.2, -0.15) is 0 Å². The zero-order chi connectivity index (χ0) is 26.2. The number of hydrogen-bond acceptors (Lipinski definition) is 6. The smallest absolute Gasteiger partial charge is 0.323 e. The molecule has 0 saturated heterocycles. The third-order valence-electron chi connectivity index (χ3n) is 6.15. The minimum Gasteiger partial charge on any atom is -0.461 e. The number of amides is 3. The van der Waals surface area contributed by atoms with Gasteiger partial charge in [0.1, 0.15) is 23.0 Å². The second-order valence-corrected chi connectivity index (χ2v) is 10.6. The lowest BCUT2D eigenvalue weighted by atomic mass is 10.0. The molecule has 196 valence electrons. The Bertz CT molecular complexity index is 1080. The van der Waals surface area contributed by atoms with Gasteiger partial charge in [-0.15, -0.1) is 11.3 Å². The molecule has 1 aromatic carbocycles. The molecule has 1 aromatic heterocycles. The first-order valence-corrected chi connectivity index (χ1v) is 13.2. The summed E-state index contributed by atoms with van der Waals surface area (Å²) in [5, 5.41) is 5.96. The highest BCUT2D eigenvalue weighted by Crippen LogP contribution is 2.36. The van der Waals surface area contributed by atoms with Crippen LogP contribution in [0.1, 0.15) is 68.3 Å². The number of carbonyl (C=O) groups is 3. The van der Waals surface area contributed by atoms with Gasteiger partial charge in [0, 0.05) is 4.88 Å². The molecule has 6 N–H and O–H groups in total. The fourth-order valence-electron chi connectivity index (χ4n) is 4.38. The van der Waals surface area contributed by atoms with E-state index in [9.17, 15) is 18.8 Å². The van der Waals surface area contributed by atoms with Crippen molar-refractivity contribution in [1.29, 1.82) is 0 Å². The number of halogens is 1. The van der Waals surface area contributed by atoms with E-state index in [2.05, 4.69) is 24.5 Å². The summed E-state index contributed by atoms with van der Waals surface area (Å²) in [6.07, 6.45) is 5.85. The quantitative estimate of drug-likeness (QED) is 0.241. The van der Waals surface area contributed by atoms with Gasteiger partial charge in [0.15, 0.2) is 0 Å². The van der Waals surface area contributed by atoms with Crippen LogP contribution >= 0.6 is 11.3 Å². The maximum Gasteiger partial charge on any atom is 0.323 e. The normalized spacial score (nSPS) is 14.7. The largest absolute Gasteiger partial charge is 0.461 e. The highest BCUT2D eigenvalue weighted by atomic mass is 32.1. The third-order valence-corrected chi connectivity index (χ3v) is 7.25. The van der Waals surface area contributed by atoms with E-state index in [1.54, 1.807) is 18.2 Å². The molecule has 0 aliphatic heterocycles. The molecule has 1 heterocycles. The van der Waals surface area contributed by atoms with Crippen molar-refractivity contribution in [1.82, 2.24) is 5.32 Å². The average molecular weight is 519 g/mol. The minimum atomic E-state index is -0.805. The van der Waals surface area contributed by atoms with Crippen molar-refractivity contribution in [3.63, 3.8) is 0 Å². The van der Waals surface area contributed by atoms with E-state index in [0.717, 1.165) is 37.0 Å². The van der Waals surface area contributed by atoms with Gasteiger partial charge in [-0.25, -0.2) is 9.18 Å². The number of anilines is 1. The van der Waals surface area contributed by atoms with Gasteiger partial charge in [-0.1, -0.05) is 19.9 Å². The van der Waals surface area contributed by atoms with Gasteiger partial charge < -0.3 is 21.5 Å². The average Bonchev–Trinajstić information content (AvgIpc) is 3.46. The van der Waals surface area contributed by atoms with Crippen LogP contribution < -0.4 is 22.1 Å². The van der Waals surface area contributed by atoms with E-state index in [-0.39, 0.29) is 34.5 Å². The summed E-state index contributed by atoms with van der Waals surface area (Å²) in [7, 11) is 0. The number of primary amides is 2.